The van der Waals surface area contributed by atoms with E-state index in [4.69, 9.17) is 16.2 Å². The second kappa shape index (κ2) is 8.65. The van der Waals surface area contributed by atoms with E-state index >= 15 is 0 Å². The van der Waals surface area contributed by atoms with Crippen molar-refractivity contribution in [2.24, 2.45) is 11.5 Å². The zero-order chi connectivity index (χ0) is 20.0. The SMILES string of the molecule is COC(=O)C(Cc1ccc([NH+]=C(N)N)cc1)NS(=O)(=O)c1ccc(C)cc1. The lowest BCUT2D eigenvalue weighted by atomic mass is 10.1. The van der Waals surface area contributed by atoms with Gasteiger partial charge in [0.05, 0.1) is 17.7 Å². The monoisotopic (exact) mass is 391 g/mol. The summed E-state index contributed by atoms with van der Waals surface area (Å²) in [6.45, 7) is 1.86. The van der Waals surface area contributed by atoms with Gasteiger partial charge in [0.25, 0.3) is 0 Å². The lowest BCUT2D eigenvalue weighted by Gasteiger charge is -2.17. The number of guanidine groups is 1. The van der Waals surface area contributed by atoms with E-state index in [0.29, 0.717) is 5.69 Å². The van der Waals surface area contributed by atoms with E-state index < -0.39 is 22.0 Å². The first-order valence-corrected chi connectivity index (χ1v) is 9.60. The summed E-state index contributed by atoms with van der Waals surface area (Å²) < 4.78 is 32.3. The Morgan fingerprint density at radius 1 is 1.11 bits per heavy atom. The van der Waals surface area contributed by atoms with Gasteiger partial charge in [-0.2, -0.15) is 4.72 Å². The first kappa shape index (κ1) is 20.4. The van der Waals surface area contributed by atoms with Gasteiger partial charge < -0.3 is 4.74 Å². The molecule has 0 radical (unpaired) electrons. The molecule has 0 aromatic heterocycles. The zero-order valence-corrected chi connectivity index (χ0v) is 15.9. The summed E-state index contributed by atoms with van der Waals surface area (Å²) in [5.74, 6) is -0.617. The van der Waals surface area contributed by atoms with E-state index in [1.165, 1.54) is 19.2 Å². The normalized spacial score (nSPS) is 12.2. The highest BCUT2D eigenvalue weighted by molar-refractivity contribution is 7.89. The smallest absolute Gasteiger partial charge is 0.343 e. The maximum absolute atomic E-state index is 12.6. The van der Waals surface area contributed by atoms with Gasteiger partial charge in [0.15, 0.2) is 0 Å². The summed E-state index contributed by atoms with van der Waals surface area (Å²) in [5, 5.41) is 0. The molecular formula is C18H23N4O4S+. The minimum absolute atomic E-state index is 0.0565. The molecule has 8 nitrogen and oxygen atoms in total. The van der Waals surface area contributed by atoms with Crippen LogP contribution in [0.25, 0.3) is 0 Å². The molecule has 27 heavy (non-hydrogen) atoms. The molecule has 0 bridgehead atoms. The number of hydrogen-bond donors (Lipinski definition) is 4. The number of carbonyl (C=O) groups is 1. The first-order chi connectivity index (χ1) is 12.7. The Labute approximate surface area is 158 Å². The van der Waals surface area contributed by atoms with E-state index in [-0.39, 0.29) is 17.3 Å². The van der Waals surface area contributed by atoms with Gasteiger partial charge in [-0.05, 0) is 43.2 Å². The second-order valence-electron chi connectivity index (χ2n) is 5.99. The van der Waals surface area contributed by atoms with Gasteiger partial charge >= 0.3 is 11.9 Å². The fourth-order valence-electron chi connectivity index (χ4n) is 2.41. The predicted molar refractivity (Wildman–Crippen MR) is 101 cm³/mol. The molecule has 2 aromatic carbocycles. The van der Waals surface area contributed by atoms with E-state index in [1.54, 1.807) is 36.4 Å². The number of aryl methyl sites for hydroxylation is 1. The molecule has 0 saturated heterocycles. The standard InChI is InChI=1S/C18H22N4O4S/c1-12-3-9-15(10-4-12)27(24,25)22-16(17(23)26-2)11-13-5-7-14(8-6-13)21-18(19)20/h3-10,16,22H,11H2,1-2H3,(H4,19,20,21)/p+1. The lowest BCUT2D eigenvalue weighted by molar-refractivity contribution is -0.356. The third kappa shape index (κ3) is 5.80. The Morgan fingerprint density at radius 3 is 2.22 bits per heavy atom. The Hall–Kier alpha value is -2.91. The van der Waals surface area contributed by atoms with Crippen LogP contribution < -0.4 is 21.2 Å². The third-order valence-corrected chi connectivity index (χ3v) is 5.28. The number of nitrogens with one attached hydrogen (secondary N) is 2. The van der Waals surface area contributed by atoms with Crippen LogP contribution in [0.5, 0.6) is 0 Å². The van der Waals surface area contributed by atoms with Crippen molar-refractivity contribution in [1.29, 1.82) is 0 Å². The van der Waals surface area contributed by atoms with Gasteiger partial charge in [-0.1, -0.05) is 29.8 Å². The molecule has 2 aromatic rings. The fraction of sp³-hybridized carbons (Fsp3) is 0.222. The Morgan fingerprint density at radius 2 is 1.70 bits per heavy atom. The van der Waals surface area contributed by atoms with E-state index in [0.717, 1.165) is 11.1 Å². The quantitative estimate of drug-likeness (QED) is 0.272. The van der Waals surface area contributed by atoms with Gasteiger partial charge in [-0.3, -0.25) is 16.3 Å². The van der Waals surface area contributed by atoms with Crippen molar-refractivity contribution in [1.82, 2.24) is 4.72 Å². The van der Waals surface area contributed by atoms with E-state index in [9.17, 15) is 13.2 Å². The molecule has 144 valence electrons. The van der Waals surface area contributed by atoms with Crippen LogP contribution in [0, 0.1) is 6.92 Å². The lowest BCUT2D eigenvalue weighted by Crippen LogP contribution is -2.72. The molecule has 0 aliphatic carbocycles. The summed E-state index contributed by atoms with van der Waals surface area (Å²) in [4.78, 5) is 14.9. The van der Waals surface area contributed by atoms with E-state index in [1.807, 2.05) is 6.92 Å². The summed E-state index contributed by atoms with van der Waals surface area (Å²) in [6.07, 6.45) is 0.125. The highest BCUT2D eigenvalue weighted by Crippen LogP contribution is 2.13. The fourth-order valence-corrected chi connectivity index (χ4v) is 3.60. The second-order valence-corrected chi connectivity index (χ2v) is 7.71. The molecule has 1 unspecified atom stereocenters. The van der Waals surface area contributed by atoms with Crippen LogP contribution in [0.15, 0.2) is 53.4 Å². The van der Waals surface area contributed by atoms with Crippen LogP contribution in [0.4, 0.5) is 5.69 Å². The molecule has 2 rings (SSSR count). The molecule has 0 aliphatic rings. The highest BCUT2D eigenvalue weighted by Gasteiger charge is 2.26. The van der Waals surface area contributed by atoms with Crippen molar-refractivity contribution in [3.05, 3.63) is 59.7 Å². The molecule has 0 fully saturated rings. The number of nitrogens with two attached hydrogens (primary N) is 2. The van der Waals surface area contributed by atoms with Crippen LogP contribution in [0.1, 0.15) is 11.1 Å². The molecule has 6 N–H and O–H groups in total. The Balaban J connectivity index is 2.21. The highest BCUT2D eigenvalue weighted by atomic mass is 32.2. The van der Waals surface area contributed by atoms with Crippen LogP contribution in [-0.2, 0) is 26.0 Å². The van der Waals surface area contributed by atoms with Crippen LogP contribution >= 0.6 is 0 Å². The van der Waals surface area contributed by atoms with Crippen LogP contribution in [0.3, 0.4) is 0 Å². The van der Waals surface area contributed by atoms with Crippen molar-refractivity contribution in [2.45, 2.75) is 24.3 Å². The molecule has 9 heteroatoms. The topological polar surface area (TPSA) is 138 Å². The number of rotatable bonds is 7. The molecule has 0 amide bonds. The van der Waals surface area contributed by atoms with Crippen molar-refractivity contribution in [3.8, 4) is 0 Å². The number of methoxy groups -OCH3 is 1. The average molecular weight is 391 g/mol. The largest absolute Gasteiger partial charge is 0.468 e. The maximum Gasteiger partial charge on any atom is 0.343 e. The van der Waals surface area contributed by atoms with Crippen LogP contribution in [0.2, 0.25) is 0 Å². The van der Waals surface area contributed by atoms with Gasteiger partial charge in [0.1, 0.15) is 6.04 Å². The summed E-state index contributed by atoms with van der Waals surface area (Å²) in [5.41, 5.74) is 13.1. The molecule has 1 atom stereocenters. The summed E-state index contributed by atoms with van der Waals surface area (Å²) >= 11 is 0. The zero-order valence-electron chi connectivity index (χ0n) is 15.1. The van der Waals surface area contributed by atoms with E-state index in [2.05, 4.69) is 9.71 Å². The van der Waals surface area contributed by atoms with Crippen molar-refractivity contribution in [2.75, 3.05) is 7.11 Å². The number of hydrogen-bond acceptors (Lipinski definition) is 4. The van der Waals surface area contributed by atoms with Gasteiger partial charge in [0, 0.05) is 0 Å². The number of sulfonamides is 1. The van der Waals surface area contributed by atoms with Crippen molar-refractivity contribution < 1.29 is 22.9 Å². The number of benzene rings is 2. The first-order valence-electron chi connectivity index (χ1n) is 8.12. The predicted octanol–water partition coefficient (Wildman–Crippen LogP) is -0.957. The molecule has 0 saturated carbocycles. The third-order valence-electron chi connectivity index (χ3n) is 3.80. The number of carbonyl (C=O) groups excluding carboxylic acids is 1. The molecular weight excluding hydrogens is 368 g/mol. The van der Waals surface area contributed by atoms with Crippen LogP contribution in [-0.4, -0.2) is 33.5 Å². The Kier molecular flexibility index (Phi) is 6.54. The number of ether oxygens (including phenoxy) is 1. The van der Waals surface area contributed by atoms with Crippen molar-refractivity contribution >= 4 is 27.6 Å². The average Bonchev–Trinajstić information content (AvgIpc) is 2.62. The summed E-state index contributed by atoms with van der Waals surface area (Å²) in [7, 11) is -2.66. The van der Waals surface area contributed by atoms with Gasteiger partial charge in [-0.25, -0.2) is 13.4 Å². The molecule has 0 spiro atoms. The van der Waals surface area contributed by atoms with Gasteiger partial charge in [0.2, 0.25) is 10.0 Å². The van der Waals surface area contributed by atoms with Gasteiger partial charge in [-0.15, -0.1) is 0 Å². The Bertz CT molecular complexity index is 919. The minimum atomic E-state index is -3.88. The summed E-state index contributed by atoms with van der Waals surface area (Å²) in [6, 6.07) is 12.2. The number of esters is 1. The maximum atomic E-state index is 12.6. The molecule has 0 heterocycles. The van der Waals surface area contributed by atoms with Crippen molar-refractivity contribution in [3.63, 3.8) is 0 Å². The molecule has 0 aliphatic heterocycles. The minimum Gasteiger partial charge on any atom is -0.468 e.